The average Bonchev–Trinajstić information content (AvgIpc) is 3.21. The number of hydrogen-bond acceptors (Lipinski definition) is 6. The maximum atomic E-state index is 12.6. The van der Waals surface area contributed by atoms with E-state index >= 15 is 0 Å². The number of methoxy groups -OCH3 is 2. The molecule has 0 aliphatic carbocycles. The number of para-hydroxylation sites is 2. The number of fused-ring (bicyclic) bond motifs is 3. The van der Waals surface area contributed by atoms with Crippen molar-refractivity contribution in [2.75, 3.05) is 14.2 Å². The van der Waals surface area contributed by atoms with Crippen molar-refractivity contribution in [2.24, 2.45) is 0 Å². The second-order valence-electron chi connectivity index (χ2n) is 6.81. The Morgan fingerprint density at radius 2 is 1.61 bits per heavy atom. The predicted molar refractivity (Wildman–Crippen MR) is 116 cm³/mol. The molecule has 5 aromatic rings. The summed E-state index contributed by atoms with van der Waals surface area (Å²) in [4.78, 5) is 12.6. The molecule has 7 heteroatoms. The van der Waals surface area contributed by atoms with Gasteiger partial charge in [0, 0.05) is 5.39 Å². The van der Waals surface area contributed by atoms with Crippen molar-refractivity contribution in [2.45, 2.75) is 0 Å². The Morgan fingerprint density at radius 1 is 0.839 bits per heavy atom. The first-order valence-electron chi connectivity index (χ1n) is 9.59. The van der Waals surface area contributed by atoms with Gasteiger partial charge in [-0.2, -0.15) is 0 Å². The van der Waals surface area contributed by atoms with Gasteiger partial charge in [0.15, 0.2) is 11.5 Å². The number of ether oxygens (including phenoxy) is 3. The molecule has 0 aliphatic rings. The van der Waals surface area contributed by atoms with Gasteiger partial charge < -0.3 is 14.2 Å². The van der Waals surface area contributed by atoms with Crippen LogP contribution in [0.2, 0.25) is 0 Å². The molecule has 0 bridgehead atoms. The highest BCUT2D eigenvalue weighted by Gasteiger charge is 2.20. The van der Waals surface area contributed by atoms with Crippen LogP contribution >= 0.6 is 0 Å². The third-order valence-electron chi connectivity index (χ3n) is 5.08. The SMILES string of the molecule is COc1cccc(-c2noc(=O)n3c2cc2c(Oc4ccccc4)cccc23)c1OC. The largest absolute Gasteiger partial charge is 0.493 e. The normalized spacial score (nSPS) is 11.0. The lowest BCUT2D eigenvalue weighted by Gasteiger charge is -2.12. The van der Waals surface area contributed by atoms with Gasteiger partial charge in [-0.1, -0.05) is 35.5 Å². The standard InChI is InChI=1S/C24H18N2O5/c1-28-21-13-6-10-16(23(21)29-2)22-19-14-17-18(26(19)24(27)31-25-22)11-7-12-20(17)30-15-8-4-3-5-9-15/h3-14H,1-2H3. The summed E-state index contributed by atoms with van der Waals surface area (Å²) in [6.45, 7) is 0. The lowest BCUT2D eigenvalue weighted by atomic mass is 10.1. The number of nitrogens with zero attached hydrogens (tertiary/aromatic N) is 2. The van der Waals surface area contributed by atoms with Gasteiger partial charge in [0.05, 0.1) is 30.8 Å². The number of rotatable bonds is 5. The van der Waals surface area contributed by atoms with Crippen LogP contribution in [0.15, 0.2) is 82.1 Å². The molecule has 0 saturated carbocycles. The maximum Gasteiger partial charge on any atom is 0.445 e. The fourth-order valence-corrected chi connectivity index (χ4v) is 3.71. The van der Waals surface area contributed by atoms with E-state index in [1.54, 1.807) is 20.3 Å². The monoisotopic (exact) mass is 414 g/mol. The molecule has 7 nitrogen and oxygen atoms in total. The summed E-state index contributed by atoms with van der Waals surface area (Å²) in [6.07, 6.45) is 0. The molecule has 5 rings (SSSR count). The van der Waals surface area contributed by atoms with Crippen LogP contribution in [0.5, 0.6) is 23.0 Å². The van der Waals surface area contributed by atoms with Crippen LogP contribution in [0.3, 0.4) is 0 Å². The molecular weight excluding hydrogens is 396 g/mol. The van der Waals surface area contributed by atoms with E-state index in [4.69, 9.17) is 18.7 Å². The molecule has 0 N–H and O–H groups in total. The average molecular weight is 414 g/mol. The van der Waals surface area contributed by atoms with Crippen LogP contribution in [0, 0.1) is 0 Å². The molecule has 0 amide bonds. The Labute approximate surface area is 177 Å². The van der Waals surface area contributed by atoms with Crippen molar-refractivity contribution in [1.82, 2.24) is 9.56 Å². The zero-order valence-corrected chi connectivity index (χ0v) is 16.9. The smallest absolute Gasteiger partial charge is 0.445 e. The van der Waals surface area contributed by atoms with E-state index in [0.717, 1.165) is 5.39 Å². The molecule has 0 saturated heterocycles. The van der Waals surface area contributed by atoms with Crippen LogP contribution < -0.4 is 20.0 Å². The molecule has 0 fully saturated rings. The number of aromatic nitrogens is 2. The summed E-state index contributed by atoms with van der Waals surface area (Å²) in [7, 11) is 3.12. The first kappa shape index (κ1) is 18.7. The molecule has 0 spiro atoms. The fraction of sp³-hybridized carbons (Fsp3) is 0.0833. The fourth-order valence-electron chi connectivity index (χ4n) is 3.71. The molecule has 31 heavy (non-hydrogen) atoms. The van der Waals surface area contributed by atoms with Crippen LogP contribution in [-0.4, -0.2) is 23.8 Å². The van der Waals surface area contributed by atoms with Crippen LogP contribution in [-0.2, 0) is 0 Å². The summed E-state index contributed by atoms with van der Waals surface area (Å²) in [6, 6.07) is 22.3. The van der Waals surface area contributed by atoms with Crippen molar-refractivity contribution in [3.8, 4) is 34.3 Å². The van der Waals surface area contributed by atoms with E-state index in [1.165, 1.54) is 4.40 Å². The third-order valence-corrected chi connectivity index (χ3v) is 5.08. The molecular formula is C24H18N2O5. The van der Waals surface area contributed by atoms with E-state index in [9.17, 15) is 4.79 Å². The lowest BCUT2D eigenvalue weighted by molar-refractivity contribution is 0.346. The van der Waals surface area contributed by atoms with Gasteiger partial charge in [-0.15, -0.1) is 0 Å². The van der Waals surface area contributed by atoms with Gasteiger partial charge in [0.25, 0.3) is 0 Å². The highest BCUT2D eigenvalue weighted by Crippen LogP contribution is 2.40. The molecule has 0 atom stereocenters. The summed E-state index contributed by atoms with van der Waals surface area (Å²) in [5.74, 6) is 1.78. The summed E-state index contributed by atoms with van der Waals surface area (Å²) in [5, 5.41) is 4.84. The maximum absolute atomic E-state index is 12.6. The van der Waals surface area contributed by atoms with Gasteiger partial charge in [-0.25, -0.2) is 9.20 Å². The quantitative estimate of drug-likeness (QED) is 0.406. The Hall–Kier alpha value is -4.26. The van der Waals surface area contributed by atoms with Crippen molar-refractivity contribution >= 4 is 16.4 Å². The van der Waals surface area contributed by atoms with Gasteiger partial charge in [0.2, 0.25) is 0 Å². The number of benzene rings is 3. The van der Waals surface area contributed by atoms with Crippen molar-refractivity contribution < 1.29 is 18.7 Å². The van der Waals surface area contributed by atoms with Crippen molar-refractivity contribution in [1.29, 1.82) is 0 Å². The van der Waals surface area contributed by atoms with E-state index in [-0.39, 0.29) is 0 Å². The highest BCUT2D eigenvalue weighted by molar-refractivity contribution is 5.96. The van der Waals surface area contributed by atoms with Gasteiger partial charge in [-0.05, 0) is 42.5 Å². The van der Waals surface area contributed by atoms with Gasteiger partial charge >= 0.3 is 5.76 Å². The third kappa shape index (κ3) is 3.07. The first-order valence-corrected chi connectivity index (χ1v) is 9.59. The van der Waals surface area contributed by atoms with E-state index in [2.05, 4.69) is 5.16 Å². The first-order chi connectivity index (χ1) is 15.2. The minimum atomic E-state index is -0.590. The van der Waals surface area contributed by atoms with Gasteiger partial charge in [0.1, 0.15) is 17.2 Å². The minimum absolute atomic E-state index is 0.456. The second kappa shape index (κ2) is 7.53. The lowest BCUT2D eigenvalue weighted by Crippen LogP contribution is -2.12. The molecule has 0 radical (unpaired) electrons. The second-order valence-corrected chi connectivity index (χ2v) is 6.81. The van der Waals surface area contributed by atoms with E-state index < -0.39 is 5.76 Å². The molecule has 0 unspecified atom stereocenters. The van der Waals surface area contributed by atoms with Crippen LogP contribution in [0.1, 0.15) is 0 Å². The van der Waals surface area contributed by atoms with Crippen molar-refractivity contribution in [3.05, 3.63) is 83.3 Å². The predicted octanol–water partition coefficient (Wildman–Crippen LogP) is 4.92. The van der Waals surface area contributed by atoms with E-state index in [0.29, 0.717) is 45.3 Å². The molecule has 2 heterocycles. The number of hydrogen-bond donors (Lipinski definition) is 0. The Balaban J connectivity index is 1.78. The topological polar surface area (TPSA) is 75.2 Å². The van der Waals surface area contributed by atoms with E-state index in [1.807, 2.05) is 66.7 Å². The molecule has 3 aromatic carbocycles. The Kier molecular flexibility index (Phi) is 4.55. The van der Waals surface area contributed by atoms with Gasteiger partial charge in [-0.3, -0.25) is 4.52 Å². The molecule has 0 aliphatic heterocycles. The molecule has 154 valence electrons. The van der Waals surface area contributed by atoms with Crippen molar-refractivity contribution in [3.63, 3.8) is 0 Å². The summed E-state index contributed by atoms with van der Waals surface area (Å²) >= 11 is 0. The zero-order valence-electron chi connectivity index (χ0n) is 16.9. The Bertz CT molecular complexity index is 1450. The summed E-state index contributed by atoms with van der Waals surface area (Å²) < 4.78 is 23.7. The summed E-state index contributed by atoms with van der Waals surface area (Å²) in [5.41, 5.74) is 2.32. The minimum Gasteiger partial charge on any atom is -0.493 e. The van der Waals surface area contributed by atoms with Crippen LogP contribution in [0.4, 0.5) is 0 Å². The van der Waals surface area contributed by atoms with Crippen LogP contribution in [0.25, 0.3) is 27.7 Å². The Morgan fingerprint density at radius 3 is 2.39 bits per heavy atom. The molecule has 2 aromatic heterocycles. The zero-order chi connectivity index (χ0) is 21.4. The highest BCUT2D eigenvalue weighted by atomic mass is 16.5.